The van der Waals surface area contributed by atoms with E-state index < -0.39 is 16.2 Å². The Bertz CT molecular complexity index is 497. The van der Waals surface area contributed by atoms with Crippen LogP contribution in [0.5, 0.6) is 0 Å². The predicted octanol–water partition coefficient (Wildman–Crippen LogP) is 0.709. The van der Waals surface area contributed by atoms with E-state index in [0.717, 1.165) is 5.56 Å². The van der Waals surface area contributed by atoms with Gasteiger partial charge in [-0.05, 0) is 17.9 Å². The van der Waals surface area contributed by atoms with Gasteiger partial charge in [-0.25, -0.2) is 4.72 Å². The SMILES string of the molecule is O=C(NS(=O)(=O)O)C1CC1c1ccccc1. The Balaban J connectivity index is 2.00. The molecule has 2 rings (SSSR count). The van der Waals surface area contributed by atoms with Crippen LogP contribution in [0.2, 0.25) is 0 Å². The summed E-state index contributed by atoms with van der Waals surface area (Å²) in [5, 5.41) is 0. The summed E-state index contributed by atoms with van der Waals surface area (Å²) in [4.78, 5) is 11.4. The molecule has 2 atom stereocenters. The maximum Gasteiger partial charge on any atom is 0.359 e. The average Bonchev–Trinajstić information content (AvgIpc) is 2.96. The number of hydrogen-bond acceptors (Lipinski definition) is 3. The minimum Gasteiger partial charge on any atom is -0.274 e. The van der Waals surface area contributed by atoms with E-state index >= 15 is 0 Å². The lowest BCUT2D eigenvalue weighted by Gasteiger charge is -2.01. The third-order valence-electron chi connectivity index (χ3n) is 2.58. The molecule has 0 spiro atoms. The fraction of sp³-hybridized carbons (Fsp3) is 0.300. The third kappa shape index (κ3) is 2.59. The van der Waals surface area contributed by atoms with Gasteiger partial charge in [0.25, 0.3) is 0 Å². The van der Waals surface area contributed by atoms with Gasteiger partial charge in [-0.2, -0.15) is 8.42 Å². The summed E-state index contributed by atoms with van der Waals surface area (Å²) in [6, 6.07) is 9.40. The molecule has 0 saturated heterocycles. The minimum absolute atomic E-state index is 0.0583. The first-order chi connectivity index (χ1) is 7.47. The molecule has 1 saturated carbocycles. The van der Waals surface area contributed by atoms with Crippen molar-refractivity contribution in [3.63, 3.8) is 0 Å². The van der Waals surface area contributed by atoms with E-state index in [9.17, 15) is 13.2 Å². The van der Waals surface area contributed by atoms with Crippen LogP contribution in [0.3, 0.4) is 0 Å². The summed E-state index contributed by atoms with van der Waals surface area (Å²) in [6.07, 6.45) is 0.616. The standard InChI is InChI=1S/C10H11NO4S/c12-10(11-16(13,14)15)9-6-8(9)7-4-2-1-3-5-7/h1-5,8-9H,6H2,(H,11,12)(H,13,14,15). The maximum absolute atomic E-state index is 11.4. The van der Waals surface area contributed by atoms with Gasteiger partial charge in [-0.1, -0.05) is 30.3 Å². The van der Waals surface area contributed by atoms with Gasteiger partial charge in [0, 0.05) is 5.92 Å². The van der Waals surface area contributed by atoms with E-state index in [-0.39, 0.29) is 11.8 Å². The molecule has 1 aromatic rings. The molecule has 16 heavy (non-hydrogen) atoms. The number of amides is 1. The number of nitrogens with one attached hydrogen (secondary N) is 1. The fourth-order valence-corrected chi connectivity index (χ4v) is 2.16. The first kappa shape index (κ1) is 11.1. The first-order valence-electron chi connectivity index (χ1n) is 4.81. The number of hydrogen-bond donors (Lipinski definition) is 2. The predicted molar refractivity (Wildman–Crippen MR) is 57.0 cm³/mol. The quantitative estimate of drug-likeness (QED) is 0.763. The van der Waals surface area contributed by atoms with Crippen molar-refractivity contribution in [2.24, 2.45) is 5.92 Å². The normalized spacial score (nSPS) is 23.8. The molecular formula is C10H11NO4S. The summed E-state index contributed by atoms with van der Waals surface area (Å²) in [5.41, 5.74) is 1.01. The van der Waals surface area contributed by atoms with Gasteiger partial charge >= 0.3 is 10.3 Å². The van der Waals surface area contributed by atoms with Crippen LogP contribution in [-0.2, 0) is 15.1 Å². The van der Waals surface area contributed by atoms with Crippen LogP contribution in [0.4, 0.5) is 0 Å². The molecule has 2 N–H and O–H groups in total. The van der Waals surface area contributed by atoms with Gasteiger partial charge < -0.3 is 0 Å². The fourth-order valence-electron chi connectivity index (χ4n) is 1.76. The Hall–Kier alpha value is -1.40. The zero-order chi connectivity index (χ0) is 11.8. The second kappa shape index (κ2) is 3.88. The molecule has 1 aromatic carbocycles. The van der Waals surface area contributed by atoms with Crippen LogP contribution in [0, 0.1) is 5.92 Å². The maximum atomic E-state index is 11.4. The highest BCUT2D eigenvalue weighted by molar-refractivity contribution is 7.84. The van der Waals surface area contributed by atoms with Crippen molar-refractivity contribution in [2.45, 2.75) is 12.3 Å². The number of rotatable bonds is 3. The summed E-state index contributed by atoms with van der Waals surface area (Å²) < 4.78 is 30.9. The highest BCUT2D eigenvalue weighted by atomic mass is 32.2. The Labute approximate surface area is 93.4 Å². The largest absolute Gasteiger partial charge is 0.359 e. The molecule has 0 radical (unpaired) electrons. The van der Waals surface area contributed by atoms with Gasteiger partial charge in [-0.15, -0.1) is 0 Å². The lowest BCUT2D eigenvalue weighted by molar-refractivity contribution is -0.120. The van der Waals surface area contributed by atoms with E-state index in [0.29, 0.717) is 6.42 Å². The summed E-state index contributed by atoms with van der Waals surface area (Å²) in [7, 11) is -4.43. The number of benzene rings is 1. The van der Waals surface area contributed by atoms with Crippen LogP contribution in [0.1, 0.15) is 17.9 Å². The Morgan fingerprint density at radius 1 is 1.31 bits per heavy atom. The van der Waals surface area contributed by atoms with E-state index in [1.54, 1.807) is 4.72 Å². The molecule has 0 aliphatic heterocycles. The van der Waals surface area contributed by atoms with Gasteiger partial charge in [0.05, 0.1) is 0 Å². The molecule has 6 heteroatoms. The molecule has 0 aromatic heterocycles. The molecule has 0 bridgehead atoms. The Morgan fingerprint density at radius 3 is 2.50 bits per heavy atom. The van der Waals surface area contributed by atoms with Crippen LogP contribution in [0.15, 0.2) is 30.3 Å². The van der Waals surface area contributed by atoms with E-state index in [1.807, 2.05) is 30.3 Å². The second-order valence-corrected chi connectivity index (χ2v) is 4.96. The molecular weight excluding hydrogens is 230 g/mol. The summed E-state index contributed by atoms with van der Waals surface area (Å²) in [6.45, 7) is 0. The van der Waals surface area contributed by atoms with Gasteiger partial charge in [0.2, 0.25) is 5.91 Å². The summed E-state index contributed by atoms with van der Waals surface area (Å²) >= 11 is 0. The van der Waals surface area contributed by atoms with Crippen molar-refractivity contribution in [1.82, 2.24) is 4.72 Å². The Morgan fingerprint density at radius 2 is 1.94 bits per heavy atom. The smallest absolute Gasteiger partial charge is 0.274 e. The highest BCUT2D eigenvalue weighted by Crippen LogP contribution is 2.47. The van der Waals surface area contributed by atoms with Crippen LogP contribution in [0.25, 0.3) is 0 Å². The molecule has 1 fully saturated rings. The van der Waals surface area contributed by atoms with Crippen molar-refractivity contribution < 1.29 is 17.8 Å². The lowest BCUT2D eigenvalue weighted by Crippen LogP contribution is -2.31. The first-order valence-corrected chi connectivity index (χ1v) is 6.25. The van der Waals surface area contributed by atoms with Crippen LogP contribution >= 0.6 is 0 Å². The average molecular weight is 241 g/mol. The molecule has 1 aliphatic rings. The number of carbonyl (C=O) groups is 1. The molecule has 5 nitrogen and oxygen atoms in total. The third-order valence-corrected chi connectivity index (χ3v) is 3.04. The second-order valence-electron chi connectivity index (χ2n) is 3.80. The zero-order valence-corrected chi connectivity index (χ0v) is 9.15. The van der Waals surface area contributed by atoms with Crippen molar-refractivity contribution in [2.75, 3.05) is 0 Å². The zero-order valence-electron chi connectivity index (χ0n) is 8.33. The van der Waals surface area contributed by atoms with Crippen LogP contribution in [-0.4, -0.2) is 18.9 Å². The highest BCUT2D eigenvalue weighted by Gasteiger charge is 2.44. The van der Waals surface area contributed by atoms with Gasteiger partial charge in [0.15, 0.2) is 0 Å². The minimum atomic E-state index is -4.43. The monoisotopic (exact) mass is 241 g/mol. The summed E-state index contributed by atoms with van der Waals surface area (Å²) in [5.74, 6) is -0.941. The van der Waals surface area contributed by atoms with Gasteiger partial charge in [-0.3, -0.25) is 9.35 Å². The molecule has 86 valence electrons. The molecule has 1 amide bonds. The van der Waals surface area contributed by atoms with Crippen molar-refractivity contribution in [1.29, 1.82) is 0 Å². The van der Waals surface area contributed by atoms with E-state index in [2.05, 4.69) is 0 Å². The number of carbonyl (C=O) groups excluding carboxylic acids is 1. The van der Waals surface area contributed by atoms with Crippen molar-refractivity contribution >= 4 is 16.2 Å². The molecule has 1 aliphatic carbocycles. The molecule has 0 heterocycles. The van der Waals surface area contributed by atoms with Gasteiger partial charge in [0.1, 0.15) is 0 Å². The Kier molecular flexibility index (Phi) is 2.69. The lowest BCUT2D eigenvalue weighted by atomic mass is 10.1. The van der Waals surface area contributed by atoms with E-state index in [4.69, 9.17) is 4.55 Å². The van der Waals surface area contributed by atoms with Crippen molar-refractivity contribution in [3.8, 4) is 0 Å². The topological polar surface area (TPSA) is 83.5 Å². The molecule has 2 unspecified atom stereocenters. The van der Waals surface area contributed by atoms with E-state index in [1.165, 1.54) is 0 Å². The van der Waals surface area contributed by atoms with Crippen molar-refractivity contribution in [3.05, 3.63) is 35.9 Å². The van der Waals surface area contributed by atoms with Crippen LogP contribution < -0.4 is 4.72 Å².